The quantitative estimate of drug-likeness (QED) is 0.748. The predicted molar refractivity (Wildman–Crippen MR) is 106 cm³/mol. The van der Waals surface area contributed by atoms with Crippen LogP contribution < -0.4 is 11.1 Å². The van der Waals surface area contributed by atoms with Crippen molar-refractivity contribution in [3.05, 3.63) is 54.6 Å². The molecule has 0 bridgehead atoms. The predicted octanol–water partition coefficient (Wildman–Crippen LogP) is 3.72. The Hall–Kier alpha value is -2.67. The van der Waals surface area contributed by atoms with Crippen LogP contribution in [0.15, 0.2) is 48.7 Å². The fraction of sp³-hybridized carbons (Fsp3) is 0.400. The second-order valence-corrected chi connectivity index (χ2v) is 7.30. The van der Waals surface area contributed by atoms with Crippen molar-refractivity contribution in [2.75, 3.05) is 11.1 Å². The molecule has 4 N–H and O–H groups in total. The fourth-order valence-electron chi connectivity index (χ4n) is 3.31. The maximum Gasteiger partial charge on any atom is 0.178 e. The Kier molecular flexibility index (Phi) is 5.32. The minimum Gasteiger partial charge on any atom is -0.394 e. The molecule has 1 aliphatic heterocycles. The van der Waals surface area contributed by atoms with Crippen molar-refractivity contribution in [3.63, 3.8) is 0 Å². The summed E-state index contributed by atoms with van der Waals surface area (Å²) < 4.78 is 13.7. The summed E-state index contributed by atoms with van der Waals surface area (Å²) in [4.78, 5) is 10.5. The third-order valence-electron chi connectivity index (χ3n) is 4.98. The van der Waals surface area contributed by atoms with E-state index in [1.807, 2.05) is 13.8 Å². The van der Waals surface area contributed by atoms with Crippen LogP contribution in [0.5, 0.6) is 0 Å². The number of allylic oxidation sites excluding steroid dienone is 4. The molecule has 1 aromatic rings. The molecule has 2 heterocycles. The van der Waals surface area contributed by atoms with Crippen LogP contribution in [-0.4, -0.2) is 31.6 Å². The average molecular weight is 371 g/mol. The summed E-state index contributed by atoms with van der Waals surface area (Å²) in [6.45, 7) is 7.64. The van der Waals surface area contributed by atoms with Crippen LogP contribution in [0.25, 0.3) is 5.70 Å². The summed E-state index contributed by atoms with van der Waals surface area (Å²) in [6.07, 6.45) is 10.8. The fourth-order valence-corrected chi connectivity index (χ4v) is 3.31. The highest BCUT2D eigenvalue weighted by atomic mass is 19.1. The van der Waals surface area contributed by atoms with Gasteiger partial charge in [0.15, 0.2) is 11.6 Å². The van der Waals surface area contributed by atoms with Crippen molar-refractivity contribution in [2.24, 2.45) is 0 Å². The number of aromatic nitrogens is 2. The Morgan fingerprint density at radius 2 is 2.15 bits per heavy atom. The molecule has 7 heteroatoms. The second-order valence-electron chi connectivity index (χ2n) is 7.30. The molecule has 3 rings (SSSR count). The normalized spacial score (nSPS) is 26.1. The highest BCUT2D eigenvalue weighted by Gasteiger charge is 2.29. The lowest BCUT2D eigenvalue weighted by atomic mass is 9.84. The summed E-state index contributed by atoms with van der Waals surface area (Å²) in [6, 6.07) is 0.189. The highest BCUT2D eigenvalue weighted by molar-refractivity contribution is 5.68. The molecule has 0 atom stereocenters. The standard InChI is InChI=1S/C20H26FN5O/c1-4-17(26-12-14(21)6-5-13(26)2)19-23-11-16(22)18(25-19)24-15-7-9-20(3,27)10-8-15/h4-6,11-12,15,27H,2,7-10,22H2,1,3H3,(H,23,24,25)/b17-4-. The van der Waals surface area contributed by atoms with Gasteiger partial charge in [0.1, 0.15) is 5.83 Å². The summed E-state index contributed by atoms with van der Waals surface area (Å²) in [5.41, 5.74) is 7.15. The SMILES string of the molecule is C=C1C=CC(F)=CN1/C(=C\C)c1ncc(N)c(NC2CCC(C)(O)CC2)n1. The Balaban J connectivity index is 1.82. The van der Waals surface area contributed by atoms with Gasteiger partial charge < -0.3 is 21.1 Å². The van der Waals surface area contributed by atoms with E-state index < -0.39 is 5.60 Å². The Morgan fingerprint density at radius 3 is 2.81 bits per heavy atom. The first-order valence-electron chi connectivity index (χ1n) is 9.11. The van der Waals surface area contributed by atoms with E-state index in [9.17, 15) is 9.50 Å². The summed E-state index contributed by atoms with van der Waals surface area (Å²) >= 11 is 0. The van der Waals surface area contributed by atoms with Crippen molar-refractivity contribution >= 4 is 17.2 Å². The van der Waals surface area contributed by atoms with E-state index in [0.717, 1.165) is 25.7 Å². The molecule has 27 heavy (non-hydrogen) atoms. The van der Waals surface area contributed by atoms with E-state index in [1.54, 1.807) is 23.2 Å². The van der Waals surface area contributed by atoms with E-state index in [1.165, 1.54) is 12.3 Å². The first-order valence-corrected chi connectivity index (χ1v) is 9.11. The van der Waals surface area contributed by atoms with Gasteiger partial charge in [-0.2, -0.15) is 0 Å². The Labute approximate surface area is 159 Å². The van der Waals surface area contributed by atoms with Crippen molar-refractivity contribution < 1.29 is 9.50 Å². The van der Waals surface area contributed by atoms with Crippen molar-refractivity contribution in [1.82, 2.24) is 14.9 Å². The minimum absolute atomic E-state index is 0.189. The third kappa shape index (κ3) is 4.36. The zero-order valence-corrected chi connectivity index (χ0v) is 15.7. The Morgan fingerprint density at radius 1 is 1.44 bits per heavy atom. The van der Waals surface area contributed by atoms with Gasteiger partial charge in [-0.1, -0.05) is 12.7 Å². The highest BCUT2D eigenvalue weighted by Crippen LogP contribution is 2.31. The van der Waals surface area contributed by atoms with Crippen LogP contribution in [-0.2, 0) is 0 Å². The number of nitrogens with two attached hydrogens (primary N) is 1. The number of halogens is 1. The summed E-state index contributed by atoms with van der Waals surface area (Å²) in [5.74, 6) is 0.607. The van der Waals surface area contributed by atoms with Gasteiger partial charge in [-0.05, 0) is 51.7 Å². The van der Waals surface area contributed by atoms with E-state index >= 15 is 0 Å². The largest absolute Gasteiger partial charge is 0.394 e. The van der Waals surface area contributed by atoms with Crippen LogP contribution in [0.2, 0.25) is 0 Å². The van der Waals surface area contributed by atoms with E-state index in [0.29, 0.717) is 28.7 Å². The number of nitrogens with zero attached hydrogens (tertiary/aromatic N) is 3. The number of aliphatic hydroxyl groups is 1. The van der Waals surface area contributed by atoms with E-state index in [-0.39, 0.29) is 11.9 Å². The Bertz CT molecular complexity index is 818. The number of nitrogen functional groups attached to an aromatic ring is 1. The van der Waals surface area contributed by atoms with E-state index in [4.69, 9.17) is 5.73 Å². The molecule has 0 aromatic carbocycles. The topological polar surface area (TPSA) is 87.3 Å². The maximum atomic E-state index is 13.7. The van der Waals surface area contributed by atoms with E-state index in [2.05, 4.69) is 21.9 Å². The van der Waals surface area contributed by atoms with Gasteiger partial charge in [0.25, 0.3) is 0 Å². The van der Waals surface area contributed by atoms with Crippen LogP contribution in [0.1, 0.15) is 45.4 Å². The number of rotatable bonds is 4. The molecular weight excluding hydrogens is 345 g/mol. The van der Waals surface area contributed by atoms with Gasteiger partial charge in [-0.25, -0.2) is 14.4 Å². The molecule has 0 amide bonds. The van der Waals surface area contributed by atoms with Gasteiger partial charge in [0, 0.05) is 17.9 Å². The van der Waals surface area contributed by atoms with Gasteiger partial charge in [0.05, 0.1) is 23.2 Å². The minimum atomic E-state index is -0.600. The molecule has 6 nitrogen and oxygen atoms in total. The summed E-state index contributed by atoms with van der Waals surface area (Å²) in [7, 11) is 0. The molecule has 1 aromatic heterocycles. The van der Waals surface area contributed by atoms with Gasteiger partial charge >= 0.3 is 0 Å². The molecule has 1 fully saturated rings. The molecule has 1 saturated carbocycles. The number of anilines is 2. The molecule has 0 spiro atoms. The maximum absolute atomic E-state index is 13.7. The molecule has 144 valence electrons. The molecule has 2 aliphatic rings. The van der Waals surface area contributed by atoms with Crippen molar-refractivity contribution in [1.29, 1.82) is 0 Å². The lowest BCUT2D eigenvalue weighted by molar-refractivity contribution is 0.0196. The molecule has 0 saturated heterocycles. The molecule has 1 aliphatic carbocycles. The average Bonchev–Trinajstić information content (AvgIpc) is 2.63. The summed E-state index contributed by atoms with van der Waals surface area (Å²) in [5, 5.41) is 13.5. The number of hydrogen-bond donors (Lipinski definition) is 3. The van der Waals surface area contributed by atoms with Crippen LogP contribution in [0.3, 0.4) is 0 Å². The van der Waals surface area contributed by atoms with Gasteiger partial charge in [-0.15, -0.1) is 0 Å². The van der Waals surface area contributed by atoms with Crippen LogP contribution in [0, 0.1) is 0 Å². The smallest absolute Gasteiger partial charge is 0.178 e. The van der Waals surface area contributed by atoms with Crippen molar-refractivity contribution in [3.8, 4) is 0 Å². The first kappa shape index (κ1) is 19.1. The molecule has 0 unspecified atom stereocenters. The zero-order valence-electron chi connectivity index (χ0n) is 15.7. The lowest BCUT2D eigenvalue weighted by Gasteiger charge is -2.33. The second kappa shape index (κ2) is 7.52. The first-order chi connectivity index (χ1) is 12.8. The third-order valence-corrected chi connectivity index (χ3v) is 4.98. The van der Waals surface area contributed by atoms with Gasteiger partial charge in [0.2, 0.25) is 0 Å². The van der Waals surface area contributed by atoms with Gasteiger partial charge in [-0.3, -0.25) is 0 Å². The monoisotopic (exact) mass is 371 g/mol. The lowest BCUT2D eigenvalue weighted by Crippen LogP contribution is -2.36. The zero-order chi connectivity index (χ0) is 19.6. The number of hydrogen-bond acceptors (Lipinski definition) is 6. The van der Waals surface area contributed by atoms with Crippen molar-refractivity contribution in [2.45, 2.75) is 51.2 Å². The number of nitrogens with one attached hydrogen (secondary N) is 1. The molecule has 0 radical (unpaired) electrons. The van der Waals surface area contributed by atoms with Crippen LogP contribution >= 0.6 is 0 Å². The molecular formula is C20H26FN5O. The van der Waals surface area contributed by atoms with Crippen LogP contribution in [0.4, 0.5) is 15.9 Å².